The second kappa shape index (κ2) is 8.46. The van der Waals surface area contributed by atoms with Gasteiger partial charge in [0.1, 0.15) is 5.02 Å². The number of likely N-dealkylation sites (N-methyl/N-ethyl adjacent to an activating group) is 1. The third kappa shape index (κ3) is 4.47. The zero-order valence-corrected chi connectivity index (χ0v) is 16.6. The van der Waals surface area contributed by atoms with Crippen molar-refractivity contribution < 1.29 is 19.6 Å². The average Bonchev–Trinajstić information content (AvgIpc) is 2.97. The minimum Gasteiger partial charge on any atom is -0.478 e. The number of carboxylic acid groups (broad SMARTS) is 1. The van der Waals surface area contributed by atoms with Gasteiger partial charge in [0.05, 0.1) is 21.1 Å². The standard InChI is InChI=1S/C19H14ClN3O5S/c1-2-22-17(24)16(9-11-6-7-14(20)15(8-11)23(27)28)29-19(22)21-13-5-3-4-12(10-13)18(25)26/h3-10H,2H2,1H3,(H,25,26)/b16-9+,21-19?. The number of nitrogens with zero attached hydrogens (tertiary/aromatic N) is 3. The third-order valence-electron chi connectivity index (χ3n) is 3.99. The van der Waals surface area contributed by atoms with Crippen LogP contribution in [0.25, 0.3) is 6.08 Å². The number of hydrogen-bond donors (Lipinski definition) is 1. The normalized spacial score (nSPS) is 16.6. The summed E-state index contributed by atoms with van der Waals surface area (Å²) in [6.45, 7) is 2.15. The molecule has 0 radical (unpaired) electrons. The van der Waals surface area contributed by atoms with E-state index in [9.17, 15) is 19.7 Å². The number of carbonyl (C=O) groups excluding carboxylic acids is 1. The highest BCUT2D eigenvalue weighted by atomic mass is 35.5. The van der Waals surface area contributed by atoms with Crippen molar-refractivity contribution in [3.8, 4) is 0 Å². The first-order valence-electron chi connectivity index (χ1n) is 8.37. The minimum absolute atomic E-state index is 0.0123. The Balaban J connectivity index is 1.96. The lowest BCUT2D eigenvalue weighted by molar-refractivity contribution is -0.384. The van der Waals surface area contributed by atoms with E-state index in [-0.39, 0.29) is 22.2 Å². The molecule has 3 rings (SSSR count). The quantitative estimate of drug-likeness (QED) is 0.421. The smallest absolute Gasteiger partial charge is 0.335 e. The van der Waals surface area contributed by atoms with Crippen molar-refractivity contribution in [1.29, 1.82) is 0 Å². The Hall–Kier alpha value is -3.17. The SMILES string of the molecule is CCN1C(=O)/C(=C\c2ccc(Cl)c([N+](=O)[O-])c2)SC1=Nc1cccc(C(=O)O)c1. The Morgan fingerprint density at radius 2 is 2.10 bits per heavy atom. The monoisotopic (exact) mass is 431 g/mol. The van der Waals surface area contributed by atoms with Gasteiger partial charge in [-0.2, -0.15) is 0 Å². The lowest BCUT2D eigenvalue weighted by Gasteiger charge is -2.12. The maximum absolute atomic E-state index is 12.7. The molecular weight excluding hydrogens is 418 g/mol. The van der Waals surface area contributed by atoms with Gasteiger partial charge >= 0.3 is 5.97 Å². The summed E-state index contributed by atoms with van der Waals surface area (Å²) in [4.78, 5) is 40.5. The number of amidine groups is 1. The van der Waals surface area contributed by atoms with Crippen LogP contribution in [0.15, 0.2) is 52.4 Å². The predicted octanol–water partition coefficient (Wildman–Crippen LogP) is 4.57. The fraction of sp³-hybridized carbons (Fsp3) is 0.105. The molecule has 148 valence electrons. The van der Waals surface area contributed by atoms with Crippen LogP contribution in [0, 0.1) is 10.1 Å². The molecule has 1 amide bonds. The Kier molecular flexibility index (Phi) is 6.00. The summed E-state index contributed by atoms with van der Waals surface area (Å²) in [6, 6.07) is 10.4. The van der Waals surface area contributed by atoms with Crippen LogP contribution in [-0.4, -0.2) is 38.5 Å². The van der Waals surface area contributed by atoms with Crippen molar-refractivity contribution >= 4 is 57.9 Å². The van der Waals surface area contributed by atoms with Gasteiger partial charge in [-0.15, -0.1) is 0 Å². The van der Waals surface area contributed by atoms with Gasteiger partial charge in [0, 0.05) is 12.6 Å². The summed E-state index contributed by atoms with van der Waals surface area (Å²) in [6.07, 6.45) is 1.54. The number of benzene rings is 2. The number of aromatic carboxylic acids is 1. The van der Waals surface area contributed by atoms with E-state index in [2.05, 4.69) is 4.99 Å². The van der Waals surface area contributed by atoms with Crippen LogP contribution < -0.4 is 0 Å². The van der Waals surface area contributed by atoms with Crippen LogP contribution in [0.4, 0.5) is 11.4 Å². The highest BCUT2D eigenvalue weighted by Gasteiger charge is 2.32. The minimum atomic E-state index is -1.07. The number of amides is 1. The van der Waals surface area contributed by atoms with Gasteiger partial charge in [-0.1, -0.05) is 23.7 Å². The number of nitro groups is 1. The maximum Gasteiger partial charge on any atom is 0.335 e. The highest BCUT2D eigenvalue weighted by Crippen LogP contribution is 2.35. The molecule has 8 nitrogen and oxygen atoms in total. The number of nitro benzene ring substituents is 1. The molecule has 0 unspecified atom stereocenters. The fourth-order valence-corrected chi connectivity index (χ4v) is 3.85. The first kappa shape index (κ1) is 20.6. The lowest BCUT2D eigenvalue weighted by Crippen LogP contribution is -2.28. The molecule has 0 spiro atoms. The summed E-state index contributed by atoms with van der Waals surface area (Å²) in [5, 5.41) is 20.6. The molecule has 1 N–H and O–H groups in total. The van der Waals surface area contributed by atoms with E-state index < -0.39 is 10.9 Å². The van der Waals surface area contributed by atoms with Gasteiger partial charge < -0.3 is 5.11 Å². The summed E-state index contributed by atoms with van der Waals surface area (Å²) in [5.41, 5.74) is 0.709. The number of halogens is 1. The van der Waals surface area contributed by atoms with E-state index in [1.807, 2.05) is 0 Å². The Labute approximate surface area is 174 Å². The van der Waals surface area contributed by atoms with Gasteiger partial charge in [0.25, 0.3) is 11.6 Å². The molecule has 0 aromatic heterocycles. The molecule has 29 heavy (non-hydrogen) atoms. The van der Waals surface area contributed by atoms with Gasteiger partial charge in [0.15, 0.2) is 5.17 Å². The van der Waals surface area contributed by atoms with Crippen molar-refractivity contribution in [3.63, 3.8) is 0 Å². The molecule has 2 aromatic carbocycles. The summed E-state index contributed by atoms with van der Waals surface area (Å²) in [5.74, 6) is -1.36. The van der Waals surface area contributed by atoms with Gasteiger partial charge in [-0.3, -0.25) is 19.8 Å². The van der Waals surface area contributed by atoms with Crippen LogP contribution in [0.5, 0.6) is 0 Å². The van der Waals surface area contributed by atoms with E-state index in [1.54, 1.807) is 25.1 Å². The fourth-order valence-electron chi connectivity index (χ4n) is 2.60. The van der Waals surface area contributed by atoms with Crippen LogP contribution in [0.2, 0.25) is 5.02 Å². The summed E-state index contributed by atoms with van der Waals surface area (Å²) in [7, 11) is 0. The van der Waals surface area contributed by atoms with Gasteiger partial charge in [-0.05, 0) is 54.6 Å². The third-order valence-corrected chi connectivity index (χ3v) is 5.31. The van der Waals surface area contributed by atoms with Crippen molar-refractivity contribution in [2.45, 2.75) is 6.92 Å². The zero-order valence-electron chi connectivity index (χ0n) is 15.0. The van der Waals surface area contributed by atoms with Crippen LogP contribution >= 0.6 is 23.4 Å². The number of thioether (sulfide) groups is 1. The molecule has 10 heteroatoms. The molecule has 1 aliphatic rings. The second-order valence-electron chi connectivity index (χ2n) is 5.88. The number of carboxylic acids is 1. The van der Waals surface area contributed by atoms with E-state index in [4.69, 9.17) is 16.7 Å². The molecule has 1 aliphatic heterocycles. The molecular formula is C19H14ClN3O5S. The van der Waals surface area contributed by atoms with Crippen molar-refractivity contribution in [1.82, 2.24) is 4.90 Å². The summed E-state index contributed by atoms with van der Waals surface area (Å²) < 4.78 is 0. The first-order valence-corrected chi connectivity index (χ1v) is 9.57. The Bertz CT molecular complexity index is 1080. The number of aliphatic imine (C=N–C) groups is 1. The molecule has 0 aliphatic carbocycles. The van der Waals surface area contributed by atoms with Gasteiger partial charge in [0.2, 0.25) is 0 Å². The van der Waals surface area contributed by atoms with Crippen molar-refractivity contribution in [2.24, 2.45) is 4.99 Å². The molecule has 0 saturated carbocycles. The van der Waals surface area contributed by atoms with Crippen molar-refractivity contribution in [2.75, 3.05) is 6.54 Å². The van der Waals surface area contributed by atoms with Crippen LogP contribution in [0.3, 0.4) is 0 Å². The number of rotatable bonds is 5. The molecule has 0 atom stereocenters. The largest absolute Gasteiger partial charge is 0.478 e. The summed E-state index contributed by atoms with van der Waals surface area (Å²) >= 11 is 6.94. The highest BCUT2D eigenvalue weighted by molar-refractivity contribution is 8.18. The van der Waals surface area contributed by atoms with E-state index >= 15 is 0 Å². The molecule has 1 heterocycles. The van der Waals surface area contributed by atoms with Crippen molar-refractivity contribution in [3.05, 3.63) is 73.6 Å². The molecule has 1 fully saturated rings. The Morgan fingerprint density at radius 1 is 1.34 bits per heavy atom. The molecule has 1 saturated heterocycles. The average molecular weight is 432 g/mol. The van der Waals surface area contributed by atoms with E-state index in [0.29, 0.717) is 27.9 Å². The van der Waals surface area contributed by atoms with Gasteiger partial charge in [-0.25, -0.2) is 9.79 Å². The molecule has 2 aromatic rings. The number of hydrogen-bond acceptors (Lipinski definition) is 6. The van der Waals surface area contributed by atoms with E-state index in [0.717, 1.165) is 11.8 Å². The first-order chi connectivity index (χ1) is 13.8. The van der Waals surface area contributed by atoms with E-state index in [1.165, 1.54) is 35.2 Å². The topological polar surface area (TPSA) is 113 Å². The lowest BCUT2D eigenvalue weighted by atomic mass is 10.2. The second-order valence-corrected chi connectivity index (χ2v) is 7.29. The zero-order chi connectivity index (χ0) is 21.1. The molecule has 0 bridgehead atoms. The van der Waals surface area contributed by atoms with Crippen LogP contribution in [-0.2, 0) is 4.79 Å². The Morgan fingerprint density at radius 3 is 2.76 bits per heavy atom. The predicted molar refractivity (Wildman–Crippen MR) is 112 cm³/mol. The maximum atomic E-state index is 12.7. The number of carbonyl (C=O) groups is 2. The van der Waals surface area contributed by atoms with Crippen LogP contribution in [0.1, 0.15) is 22.8 Å².